The lowest BCUT2D eigenvalue weighted by molar-refractivity contribution is -0.115. The maximum absolute atomic E-state index is 13.0. The minimum atomic E-state index is -0.561. The molecular formula is C20H18Cl3N3O3S. The minimum Gasteiger partial charge on any atom is -0.383 e. The van der Waals surface area contributed by atoms with Crippen LogP contribution in [0.5, 0.6) is 0 Å². The third-order valence-electron chi connectivity index (χ3n) is 4.24. The zero-order chi connectivity index (χ0) is 21.8. The molecule has 1 unspecified atom stereocenters. The van der Waals surface area contributed by atoms with E-state index in [1.54, 1.807) is 50.4 Å². The van der Waals surface area contributed by atoms with Gasteiger partial charge in [-0.1, -0.05) is 46.6 Å². The van der Waals surface area contributed by atoms with Gasteiger partial charge in [-0.05, 0) is 43.3 Å². The summed E-state index contributed by atoms with van der Waals surface area (Å²) in [7, 11) is 1.55. The Morgan fingerprint density at radius 1 is 1.20 bits per heavy atom. The van der Waals surface area contributed by atoms with Crippen LogP contribution in [0.1, 0.15) is 6.92 Å². The zero-order valence-electron chi connectivity index (χ0n) is 16.1. The molecule has 10 heteroatoms. The molecule has 0 bridgehead atoms. The fourth-order valence-corrected chi connectivity index (χ4v) is 4.24. The highest BCUT2D eigenvalue weighted by atomic mass is 35.5. The number of amides is 1. The van der Waals surface area contributed by atoms with E-state index < -0.39 is 5.25 Å². The Kier molecular flexibility index (Phi) is 7.65. The predicted octanol–water partition coefficient (Wildman–Crippen LogP) is 5.12. The van der Waals surface area contributed by atoms with Gasteiger partial charge in [0.25, 0.3) is 5.56 Å². The van der Waals surface area contributed by atoms with Gasteiger partial charge in [0.2, 0.25) is 5.91 Å². The third-order valence-corrected chi connectivity index (χ3v) is 6.11. The van der Waals surface area contributed by atoms with E-state index >= 15 is 0 Å². The standard InChI is InChI=1S/C20H18Cl3N3O3S/c1-11(18(27)24-16-6-4-12(21)9-15(16)23)30-20-25-17-10-13(22)3-5-14(17)19(28)26(20)7-8-29-2/h3-6,9-11H,7-8H2,1-2H3,(H,24,27). The molecule has 3 aromatic rings. The number of aromatic nitrogens is 2. The van der Waals surface area contributed by atoms with Crippen molar-refractivity contribution in [1.29, 1.82) is 0 Å². The van der Waals surface area contributed by atoms with E-state index in [9.17, 15) is 9.59 Å². The molecule has 1 aromatic heterocycles. The number of rotatable bonds is 7. The van der Waals surface area contributed by atoms with Crippen molar-refractivity contribution < 1.29 is 9.53 Å². The number of carbonyl (C=O) groups excluding carboxylic acids is 1. The average molecular weight is 487 g/mol. The number of nitrogens with one attached hydrogen (secondary N) is 1. The summed E-state index contributed by atoms with van der Waals surface area (Å²) >= 11 is 19.2. The van der Waals surface area contributed by atoms with Crippen molar-refractivity contribution >= 4 is 69.1 Å². The Hall–Kier alpha value is -1.77. The van der Waals surface area contributed by atoms with Crippen molar-refractivity contribution in [2.45, 2.75) is 23.9 Å². The molecule has 1 N–H and O–H groups in total. The number of hydrogen-bond acceptors (Lipinski definition) is 5. The Labute approximate surface area is 192 Å². The summed E-state index contributed by atoms with van der Waals surface area (Å²) < 4.78 is 6.62. The van der Waals surface area contributed by atoms with Crippen molar-refractivity contribution in [3.8, 4) is 0 Å². The van der Waals surface area contributed by atoms with Crippen LogP contribution < -0.4 is 10.9 Å². The van der Waals surface area contributed by atoms with E-state index in [0.717, 1.165) is 11.8 Å². The van der Waals surface area contributed by atoms with Crippen LogP contribution in [0, 0.1) is 0 Å². The number of methoxy groups -OCH3 is 1. The van der Waals surface area contributed by atoms with Crippen LogP contribution in [0.3, 0.4) is 0 Å². The Balaban J connectivity index is 1.90. The molecule has 0 aliphatic rings. The first-order valence-corrected chi connectivity index (χ1v) is 10.9. The molecule has 1 amide bonds. The molecule has 0 aliphatic carbocycles. The molecule has 0 saturated heterocycles. The number of thioether (sulfide) groups is 1. The molecular weight excluding hydrogens is 469 g/mol. The highest BCUT2D eigenvalue weighted by Crippen LogP contribution is 2.28. The van der Waals surface area contributed by atoms with Gasteiger partial charge in [0, 0.05) is 17.2 Å². The molecule has 0 fully saturated rings. The molecule has 6 nitrogen and oxygen atoms in total. The van der Waals surface area contributed by atoms with Crippen LogP contribution in [-0.4, -0.2) is 34.4 Å². The number of fused-ring (bicyclic) bond motifs is 1. The quantitative estimate of drug-likeness (QED) is 0.370. The van der Waals surface area contributed by atoms with Crippen LogP contribution >= 0.6 is 46.6 Å². The van der Waals surface area contributed by atoms with Crippen molar-refractivity contribution in [2.75, 3.05) is 19.0 Å². The second kappa shape index (κ2) is 10.0. The van der Waals surface area contributed by atoms with Crippen LogP contribution in [0.25, 0.3) is 10.9 Å². The first kappa shape index (κ1) is 22.9. The molecule has 0 spiro atoms. The van der Waals surface area contributed by atoms with Crippen LogP contribution in [-0.2, 0) is 16.1 Å². The Morgan fingerprint density at radius 2 is 1.90 bits per heavy atom. The highest BCUT2D eigenvalue weighted by Gasteiger charge is 2.20. The van der Waals surface area contributed by atoms with E-state index in [0.29, 0.717) is 50.0 Å². The fourth-order valence-electron chi connectivity index (χ4n) is 2.68. The summed E-state index contributed by atoms with van der Waals surface area (Å²) in [5, 5.41) is 4.34. The van der Waals surface area contributed by atoms with Gasteiger partial charge in [-0.2, -0.15) is 0 Å². The summed E-state index contributed by atoms with van der Waals surface area (Å²) in [6.07, 6.45) is 0. The average Bonchev–Trinajstić information content (AvgIpc) is 2.69. The smallest absolute Gasteiger partial charge is 0.262 e. The molecule has 2 aromatic carbocycles. The molecule has 0 saturated carbocycles. The van der Waals surface area contributed by atoms with E-state index in [1.807, 2.05) is 0 Å². The number of carbonyl (C=O) groups is 1. The number of anilines is 1. The number of hydrogen-bond donors (Lipinski definition) is 1. The third kappa shape index (κ3) is 5.28. The largest absolute Gasteiger partial charge is 0.383 e. The van der Waals surface area contributed by atoms with Crippen molar-refractivity contribution in [3.05, 3.63) is 61.8 Å². The first-order chi connectivity index (χ1) is 14.3. The molecule has 0 aliphatic heterocycles. The van der Waals surface area contributed by atoms with Gasteiger partial charge >= 0.3 is 0 Å². The number of benzene rings is 2. The molecule has 3 rings (SSSR count). The summed E-state index contributed by atoms with van der Waals surface area (Å²) in [6, 6.07) is 9.73. The van der Waals surface area contributed by atoms with Crippen molar-refractivity contribution in [3.63, 3.8) is 0 Å². The normalized spacial score (nSPS) is 12.2. The van der Waals surface area contributed by atoms with Crippen molar-refractivity contribution in [2.24, 2.45) is 0 Å². The van der Waals surface area contributed by atoms with E-state index in [-0.39, 0.29) is 11.5 Å². The molecule has 158 valence electrons. The topological polar surface area (TPSA) is 73.2 Å². The van der Waals surface area contributed by atoms with Gasteiger partial charge in [-0.25, -0.2) is 4.98 Å². The van der Waals surface area contributed by atoms with Crippen LogP contribution in [0.2, 0.25) is 15.1 Å². The second-order valence-electron chi connectivity index (χ2n) is 6.38. The summed E-state index contributed by atoms with van der Waals surface area (Å²) in [6.45, 7) is 2.36. The number of nitrogens with zero attached hydrogens (tertiary/aromatic N) is 2. The SMILES string of the molecule is COCCn1c(SC(C)C(=O)Nc2ccc(Cl)cc2Cl)nc2cc(Cl)ccc2c1=O. The summed E-state index contributed by atoms with van der Waals surface area (Å²) in [4.78, 5) is 30.2. The Morgan fingerprint density at radius 3 is 2.60 bits per heavy atom. The molecule has 1 heterocycles. The maximum Gasteiger partial charge on any atom is 0.262 e. The molecule has 0 radical (unpaired) electrons. The predicted molar refractivity (Wildman–Crippen MR) is 123 cm³/mol. The van der Waals surface area contributed by atoms with E-state index in [4.69, 9.17) is 39.5 Å². The minimum absolute atomic E-state index is 0.218. The van der Waals surface area contributed by atoms with Crippen LogP contribution in [0.15, 0.2) is 46.3 Å². The van der Waals surface area contributed by atoms with Gasteiger partial charge in [0.15, 0.2) is 5.16 Å². The first-order valence-electron chi connectivity index (χ1n) is 8.91. The summed E-state index contributed by atoms with van der Waals surface area (Å²) in [5.74, 6) is -0.289. The van der Waals surface area contributed by atoms with Gasteiger partial charge < -0.3 is 10.1 Å². The van der Waals surface area contributed by atoms with Gasteiger partial charge in [0.05, 0.1) is 40.0 Å². The summed E-state index contributed by atoms with van der Waals surface area (Å²) in [5.41, 5.74) is 0.704. The van der Waals surface area contributed by atoms with Crippen molar-refractivity contribution in [1.82, 2.24) is 9.55 Å². The lowest BCUT2D eigenvalue weighted by Gasteiger charge is -2.16. The van der Waals surface area contributed by atoms with Gasteiger partial charge in [-0.15, -0.1) is 0 Å². The lowest BCUT2D eigenvalue weighted by atomic mass is 10.2. The molecule has 1 atom stereocenters. The Bertz CT molecular complexity index is 1150. The lowest BCUT2D eigenvalue weighted by Crippen LogP contribution is -2.28. The monoisotopic (exact) mass is 485 g/mol. The van der Waals surface area contributed by atoms with E-state index in [2.05, 4.69) is 10.3 Å². The molecule has 30 heavy (non-hydrogen) atoms. The van der Waals surface area contributed by atoms with E-state index in [1.165, 1.54) is 4.57 Å². The highest BCUT2D eigenvalue weighted by molar-refractivity contribution is 8.00. The maximum atomic E-state index is 13.0. The van der Waals surface area contributed by atoms with Gasteiger partial charge in [-0.3, -0.25) is 14.2 Å². The number of ether oxygens (including phenoxy) is 1. The second-order valence-corrected chi connectivity index (χ2v) is 8.97. The fraction of sp³-hybridized carbons (Fsp3) is 0.250. The zero-order valence-corrected chi connectivity index (χ0v) is 19.2. The van der Waals surface area contributed by atoms with Gasteiger partial charge in [0.1, 0.15) is 0 Å². The van der Waals surface area contributed by atoms with Crippen LogP contribution in [0.4, 0.5) is 5.69 Å². The number of halogens is 3.